The van der Waals surface area contributed by atoms with Gasteiger partial charge in [-0.3, -0.25) is 0 Å². The van der Waals surface area contributed by atoms with Gasteiger partial charge in [-0.05, 0) is 54.7 Å². The first-order chi connectivity index (χ1) is 14.9. The molecule has 2 fully saturated rings. The number of nitrogens with one attached hydrogen (secondary N) is 1. The van der Waals surface area contributed by atoms with Gasteiger partial charge in [0.25, 0.3) is 0 Å². The van der Waals surface area contributed by atoms with Gasteiger partial charge < -0.3 is 14.4 Å². The van der Waals surface area contributed by atoms with Gasteiger partial charge in [-0.1, -0.05) is 24.3 Å². The molecule has 0 spiro atoms. The Morgan fingerprint density at radius 3 is 2.10 bits per heavy atom. The fourth-order valence-electron chi connectivity index (χ4n) is 3.73. The van der Waals surface area contributed by atoms with Gasteiger partial charge in [-0.2, -0.15) is 0 Å². The Balaban J connectivity index is 1.53. The van der Waals surface area contributed by atoms with Crippen molar-refractivity contribution in [1.29, 1.82) is 0 Å². The zero-order valence-corrected chi connectivity index (χ0v) is 18.5. The fraction of sp³-hybridized carbons (Fsp3) is 0.409. The van der Waals surface area contributed by atoms with Crippen LogP contribution in [0.4, 0.5) is 4.79 Å². The normalized spacial score (nSPS) is 19.0. The Kier molecular flexibility index (Phi) is 6.06. The number of benzene rings is 2. The molecule has 0 bridgehead atoms. The number of rotatable bonds is 9. The maximum Gasteiger partial charge on any atom is 0.335 e. The van der Waals surface area contributed by atoms with Crippen molar-refractivity contribution in [2.45, 2.75) is 30.6 Å². The quantitative estimate of drug-likeness (QED) is 0.641. The molecule has 9 heteroatoms. The molecular weight excluding hydrogens is 418 g/mol. The molecule has 4 rings (SSSR count). The predicted molar refractivity (Wildman–Crippen MR) is 116 cm³/mol. The Morgan fingerprint density at radius 1 is 0.968 bits per heavy atom. The zero-order chi connectivity index (χ0) is 22.0. The lowest BCUT2D eigenvalue weighted by atomic mass is 10.1. The molecule has 2 aliphatic rings. The van der Waals surface area contributed by atoms with E-state index in [1.165, 1.54) is 5.01 Å². The highest BCUT2D eigenvalue weighted by Gasteiger charge is 2.43. The molecule has 1 aliphatic heterocycles. The highest BCUT2D eigenvalue weighted by molar-refractivity contribution is 7.90. The Bertz CT molecular complexity index is 1020. The van der Waals surface area contributed by atoms with Crippen LogP contribution >= 0.6 is 0 Å². The molecule has 0 aromatic heterocycles. The molecule has 2 aromatic rings. The fourth-order valence-corrected chi connectivity index (χ4v) is 5.09. The van der Waals surface area contributed by atoms with E-state index in [0.717, 1.165) is 22.6 Å². The number of amides is 2. The number of ether oxygens (including phenoxy) is 2. The molecule has 1 atom stereocenters. The summed E-state index contributed by atoms with van der Waals surface area (Å²) in [7, 11) is -0.303. The molecule has 2 aromatic carbocycles. The van der Waals surface area contributed by atoms with E-state index in [-0.39, 0.29) is 18.6 Å². The molecule has 166 valence electrons. The summed E-state index contributed by atoms with van der Waals surface area (Å²) in [5.74, 6) is 1.50. The van der Waals surface area contributed by atoms with E-state index in [0.29, 0.717) is 25.8 Å². The zero-order valence-electron chi connectivity index (χ0n) is 17.7. The smallest absolute Gasteiger partial charge is 0.335 e. The predicted octanol–water partition coefficient (Wildman–Crippen LogP) is 2.72. The van der Waals surface area contributed by atoms with Crippen LogP contribution in [0.2, 0.25) is 0 Å². The van der Waals surface area contributed by atoms with Gasteiger partial charge in [-0.15, -0.1) is 4.83 Å². The first-order valence-electron chi connectivity index (χ1n) is 10.3. The SMILES string of the molecule is COc1ccc(CCN2C(=O)N(NS(=O)(=O)C3CC3)CC2c2ccc(OC)cc2)cc1. The van der Waals surface area contributed by atoms with E-state index in [9.17, 15) is 13.2 Å². The first kappa shape index (κ1) is 21.5. The van der Waals surface area contributed by atoms with Gasteiger partial charge in [-0.25, -0.2) is 18.2 Å². The van der Waals surface area contributed by atoms with Crippen LogP contribution in [0, 0.1) is 0 Å². The maximum atomic E-state index is 13.1. The number of hydrazine groups is 1. The van der Waals surface area contributed by atoms with Gasteiger partial charge in [0.2, 0.25) is 10.0 Å². The number of hydrogen-bond donors (Lipinski definition) is 1. The second kappa shape index (κ2) is 8.76. The minimum absolute atomic E-state index is 0.250. The van der Waals surface area contributed by atoms with Crippen molar-refractivity contribution in [2.24, 2.45) is 0 Å². The summed E-state index contributed by atoms with van der Waals surface area (Å²) < 4.78 is 35.3. The van der Waals surface area contributed by atoms with Crippen molar-refractivity contribution in [2.75, 3.05) is 27.3 Å². The van der Waals surface area contributed by atoms with Crippen molar-refractivity contribution in [1.82, 2.24) is 14.7 Å². The second-order valence-electron chi connectivity index (χ2n) is 7.81. The first-order valence-corrected chi connectivity index (χ1v) is 11.8. The van der Waals surface area contributed by atoms with E-state index in [1.807, 2.05) is 48.5 Å². The Labute approximate surface area is 182 Å². The maximum absolute atomic E-state index is 13.1. The number of sulfonamides is 1. The molecule has 8 nitrogen and oxygen atoms in total. The lowest BCUT2D eigenvalue weighted by Gasteiger charge is -2.23. The average molecular weight is 446 g/mol. The van der Waals surface area contributed by atoms with Crippen molar-refractivity contribution >= 4 is 16.1 Å². The van der Waals surface area contributed by atoms with Gasteiger partial charge in [0, 0.05) is 6.54 Å². The number of carbonyl (C=O) groups excluding carboxylic acids is 1. The van der Waals surface area contributed by atoms with Crippen LogP contribution in [0.25, 0.3) is 0 Å². The van der Waals surface area contributed by atoms with Gasteiger partial charge >= 0.3 is 6.03 Å². The lowest BCUT2D eigenvalue weighted by Crippen LogP contribution is -2.46. The molecule has 1 saturated heterocycles. The second-order valence-corrected chi connectivity index (χ2v) is 9.75. The third-order valence-electron chi connectivity index (χ3n) is 5.71. The van der Waals surface area contributed by atoms with Crippen LogP contribution in [-0.2, 0) is 16.4 Å². The Hall–Kier alpha value is -2.78. The molecule has 1 aliphatic carbocycles. The van der Waals surface area contributed by atoms with Crippen molar-refractivity contribution in [3.05, 3.63) is 59.7 Å². The lowest BCUT2D eigenvalue weighted by molar-refractivity contribution is 0.182. The molecule has 0 radical (unpaired) electrons. The van der Waals surface area contributed by atoms with E-state index in [2.05, 4.69) is 4.83 Å². The summed E-state index contributed by atoms with van der Waals surface area (Å²) in [6.07, 6.45) is 1.92. The molecular formula is C22H27N3O5S. The standard InChI is InChI=1S/C22H27N3O5S/c1-29-18-7-3-16(4-8-18)13-14-24-21(17-5-9-19(30-2)10-6-17)15-25(22(24)26)23-31(27,28)20-11-12-20/h3-10,20-21,23H,11-15H2,1-2H3. The van der Waals surface area contributed by atoms with E-state index in [1.54, 1.807) is 19.1 Å². The number of hydrogen-bond acceptors (Lipinski definition) is 5. The highest BCUT2D eigenvalue weighted by Crippen LogP contribution is 2.32. The molecule has 1 saturated carbocycles. The van der Waals surface area contributed by atoms with Gasteiger partial charge in [0.1, 0.15) is 11.5 Å². The summed E-state index contributed by atoms with van der Waals surface area (Å²) in [6, 6.07) is 14.6. The average Bonchev–Trinajstić information content (AvgIpc) is 3.60. The largest absolute Gasteiger partial charge is 0.497 e. The highest BCUT2D eigenvalue weighted by atomic mass is 32.2. The van der Waals surface area contributed by atoms with Crippen molar-refractivity contribution in [3.63, 3.8) is 0 Å². The number of urea groups is 1. The monoisotopic (exact) mass is 445 g/mol. The number of methoxy groups -OCH3 is 2. The van der Waals surface area contributed by atoms with Crippen molar-refractivity contribution < 1.29 is 22.7 Å². The molecule has 1 heterocycles. The Morgan fingerprint density at radius 2 is 1.55 bits per heavy atom. The van der Waals surface area contributed by atoms with E-state index in [4.69, 9.17) is 9.47 Å². The third-order valence-corrected chi connectivity index (χ3v) is 7.53. The molecule has 1 N–H and O–H groups in total. The number of nitrogens with zero attached hydrogens (tertiary/aromatic N) is 2. The molecule has 2 amide bonds. The van der Waals surface area contributed by atoms with Crippen LogP contribution < -0.4 is 14.3 Å². The van der Waals surface area contributed by atoms with E-state index < -0.39 is 15.3 Å². The summed E-state index contributed by atoms with van der Waals surface area (Å²) in [5.41, 5.74) is 2.00. The van der Waals surface area contributed by atoms with Gasteiger partial charge in [0.05, 0.1) is 32.1 Å². The van der Waals surface area contributed by atoms with Gasteiger partial charge in [0.15, 0.2) is 0 Å². The summed E-state index contributed by atoms with van der Waals surface area (Å²) in [4.78, 5) is 17.4. The summed E-state index contributed by atoms with van der Waals surface area (Å²) >= 11 is 0. The van der Waals surface area contributed by atoms with E-state index >= 15 is 0 Å². The minimum atomic E-state index is -3.52. The summed E-state index contributed by atoms with van der Waals surface area (Å²) in [5, 5.41) is 0.837. The number of carbonyl (C=O) groups is 1. The van der Waals surface area contributed by atoms with Crippen LogP contribution in [0.15, 0.2) is 48.5 Å². The van der Waals surface area contributed by atoms with Crippen LogP contribution in [0.5, 0.6) is 11.5 Å². The summed E-state index contributed by atoms with van der Waals surface area (Å²) in [6.45, 7) is 0.712. The minimum Gasteiger partial charge on any atom is -0.497 e. The third kappa shape index (κ3) is 4.77. The molecule has 31 heavy (non-hydrogen) atoms. The van der Waals surface area contributed by atoms with Crippen LogP contribution in [0.1, 0.15) is 30.0 Å². The van der Waals surface area contributed by atoms with Crippen LogP contribution in [-0.4, -0.2) is 56.9 Å². The van der Waals surface area contributed by atoms with Crippen molar-refractivity contribution in [3.8, 4) is 11.5 Å². The van der Waals surface area contributed by atoms with Crippen LogP contribution in [0.3, 0.4) is 0 Å². The molecule has 1 unspecified atom stereocenters. The topological polar surface area (TPSA) is 88.2 Å².